The molecular weight excluding hydrogens is 328 g/mol. The maximum absolute atomic E-state index is 10.8. The summed E-state index contributed by atoms with van der Waals surface area (Å²) in [5.74, 6) is -3.68. The van der Waals surface area contributed by atoms with Crippen LogP contribution in [0, 0.1) is 5.92 Å². The largest absolute Gasteiger partial charge is 0.481 e. The summed E-state index contributed by atoms with van der Waals surface area (Å²) in [5.41, 5.74) is 0. The second kappa shape index (κ2) is 18.5. The van der Waals surface area contributed by atoms with E-state index in [1.165, 1.54) is 64.2 Å². The van der Waals surface area contributed by atoms with Crippen molar-refractivity contribution in [3.63, 3.8) is 0 Å². The molecular formula is C22H40O4. The van der Waals surface area contributed by atoms with Crippen molar-refractivity contribution in [3.8, 4) is 0 Å². The van der Waals surface area contributed by atoms with Crippen LogP contribution in [0.5, 0.6) is 0 Å². The van der Waals surface area contributed by atoms with Gasteiger partial charge in [0, 0.05) is 0 Å². The van der Waals surface area contributed by atoms with Gasteiger partial charge in [-0.25, -0.2) is 0 Å². The van der Waals surface area contributed by atoms with E-state index in [9.17, 15) is 9.59 Å². The van der Waals surface area contributed by atoms with Crippen LogP contribution in [-0.2, 0) is 9.59 Å². The number of hydrogen-bond donors (Lipinski definition) is 2. The Kier molecular flexibility index (Phi) is 17.5. The van der Waals surface area contributed by atoms with E-state index in [-0.39, 0.29) is 6.42 Å². The van der Waals surface area contributed by atoms with Gasteiger partial charge in [-0.05, 0) is 32.1 Å². The van der Waals surface area contributed by atoms with Crippen LogP contribution in [0.2, 0.25) is 0 Å². The molecule has 0 aromatic heterocycles. The topological polar surface area (TPSA) is 74.6 Å². The van der Waals surface area contributed by atoms with E-state index in [0.29, 0.717) is 6.42 Å². The molecule has 0 rings (SSSR count). The Balaban J connectivity index is 3.30. The zero-order chi connectivity index (χ0) is 19.5. The molecule has 0 radical (unpaired) electrons. The second-order valence-electron chi connectivity index (χ2n) is 7.31. The lowest BCUT2D eigenvalue weighted by molar-refractivity contribution is -0.154. The average Bonchev–Trinajstić information content (AvgIpc) is 2.60. The molecule has 0 fully saturated rings. The van der Waals surface area contributed by atoms with E-state index < -0.39 is 17.9 Å². The number of hydrogen-bond acceptors (Lipinski definition) is 2. The molecule has 4 heteroatoms. The summed E-state index contributed by atoms with van der Waals surface area (Å²) in [7, 11) is 0. The Hall–Kier alpha value is -1.32. The first-order valence-electron chi connectivity index (χ1n) is 10.7. The van der Waals surface area contributed by atoms with Gasteiger partial charge in [0.2, 0.25) is 0 Å². The van der Waals surface area contributed by atoms with Gasteiger partial charge in [-0.3, -0.25) is 9.59 Å². The molecule has 152 valence electrons. The second-order valence-corrected chi connectivity index (χ2v) is 7.31. The zero-order valence-corrected chi connectivity index (χ0v) is 16.8. The van der Waals surface area contributed by atoms with Gasteiger partial charge in [0.05, 0.1) is 0 Å². The molecule has 0 aromatic carbocycles. The third-order valence-corrected chi connectivity index (χ3v) is 4.85. The predicted octanol–water partition coefficient (Wildman–Crippen LogP) is 6.59. The number of carboxylic acids is 2. The van der Waals surface area contributed by atoms with Gasteiger partial charge in [0.1, 0.15) is 0 Å². The van der Waals surface area contributed by atoms with E-state index in [0.717, 1.165) is 25.7 Å². The summed E-state index contributed by atoms with van der Waals surface area (Å²) in [5, 5.41) is 17.6. The van der Waals surface area contributed by atoms with Crippen LogP contribution in [0.4, 0.5) is 0 Å². The molecule has 0 aromatic rings. The summed E-state index contributed by atoms with van der Waals surface area (Å²) in [6.45, 7) is 2.25. The molecule has 4 nitrogen and oxygen atoms in total. The van der Waals surface area contributed by atoms with E-state index >= 15 is 0 Å². The van der Waals surface area contributed by atoms with Gasteiger partial charge in [-0.15, -0.1) is 0 Å². The summed E-state index contributed by atoms with van der Waals surface area (Å²) < 4.78 is 0. The van der Waals surface area contributed by atoms with Crippen LogP contribution in [0.1, 0.15) is 110 Å². The van der Waals surface area contributed by atoms with Crippen LogP contribution in [0.15, 0.2) is 12.2 Å². The first-order valence-corrected chi connectivity index (χ1v) is 10.7. The van der Waals surface area contributed by atoms with Gasteiger partial charge < -0.3 is 10.2 Å². The molecule has 0 aliphatic heterocycles. The Morgan fingerprint density at radius 2 is 1.04 bits per heavy atom. The third-order valence-electron chi connectivity index (χ3n) is 4.85. The number of carboxylic acid groups (broad SMARTS) is 2. The van der Waals surface area contributed by atoms with Crippen molar-refractivity contribution < 1.29 is 19.8 Å². The van der Waals surface area contributed by atoms with E-state index in [2.05, 4.69) is 19.1 Å². The van der Waals surface area contributed by atoms with Crippen molar-refractivity contribution in [2.24, 2.45) is 5.92 Å². The third kappa shape index (κ3) is 16.2. The summed E-state index contributed by atoms with van der Waals surface area (Å²) in [6, 6.07) is 0. The Labute approximate surface area is 160 Å². The monoisotopic (exact) mass is 368 g/mol. The molecule has 0 heterocycles. The van der Waals surface area contributed by atoms with Crippen molar-refractivity contribution in [3.05, 3.63) is 12.2 Å². The number of unbranched alkanes of at least 4 members (excludes halogenated alkanes) is 13. The number of aliphatic carboxylic acids is 2. The average molecular weight is 369 g/mol. The van der Waals surface area contributed by atoms with Crippen LogP contribution in [0.3, 0.4) is 0 Å². The summed E-state index contributed by atoms with van der Waals surface area (Å²) in [4.78, 5) is 21.5. The molecule has 2 N–H and O–H groups in total. The maximum Gasteiger partial charge on any atom is 0.317 e. The highest BCUT2D eigenvalue weighted by Crippen LogP contribution is 2.14. The number of allylic oxidation sites excluding steroid dienone is 2. The molecule has 0 amide bonds. The molecule has 0 atom stereocenters. The molecule has 0 spiro atoms. The Morgan fingerprint density at radius 1 is 0.654 bits per heavy atom. The highest BCUT2D eigenvalue weighted by Gasteiger charge is 2.24. The van der Waals surface area contributed by atoms with Gasteiger partial charge in [0.15, 0.2) is 5.92 Å². The fourth-order valence-corrected chi connectivity index (χ4v) is 3.13. The molecule has 0 saturated heterocycles. The standard InChI is InChI=1S/C22H40O4/c1-2-3-4-5-6-7-8-9-10-11-12-13-14-15-16-17-18-19-20(21(23)24)22(25)26/h10-11,20H,2-9,12-19H2,1H3,(H,23,24)(H,25,26)/b11-10+. The molecule has 0 bridgehead atoms. The van der Waals surface area contributed by atoms with Crippen molar-refractivity contribution in [1.29, 1.82) is 0 Å². The molecule has 0 aliphatic carbocycles. The van der Waals surface area contributed by atoms with Gasteiger partial charge in [-0.1, -0.05) is 89.7 Å². The van der Waals surface area contributed by atoms with Crippen LogP contribution >= 0.6 is 0 Å². The Morgan fingerprint density at radius 3 is 1.46 bits per heavy atom. The zero-order valence-electron chi connectivity index (χ0n) is 16.8. The summed E-state index contributed by atoms with van der Waals surface area (Å²) >= 11 is 0. The van der Waals surface area contributed by atoms with Gasteiger partial charge in [-0.2, -0.15) is 0 Å². The minimum atomic E-state index is -1.24. The minimum absolute atomic E-state index is 0.242. The number of rotatable bonds is 19. The lowest BCUT2D eigenvalue weighted by atomic mass is 10.0. The number of carbonyl (C=O) groups is 2. The highest BCUT2D eigenvalue weighted by molar-refractivity contribution is 5.92. The fourth-order valence-electron chi connectivity index (χ4n) is 3.13. The highest BCUT2D eigenvalue weighted by atomic mass is 16.4. The van der Waals surface area contributed by atoms with Gasteiger partial charge in [0.25, 0.3) is 0 Å². The first-order chi connectivity index (χ1) is 12.6. The van der Waals surface area contributed by atoms with Crippen LogP contribution in [-0.4, -0.2) is 22.2 Å². The normalized spacial score (nSPS) is 11.5. The van der Waals surface area contributed by atoms with Crippen molar-refractivity contribution >= 4 is 11.9 Å². The van der Waals surface area contributed by atoms with Crippen molar-refractivity contribution in [2.75, 3.05) is 0 Å². The molecule has 0 aliphatic rings. The quantitative estimate of drug-likeness (QED) is 0.153. The predicted molar refractivity (Wildman–Crippen MR) is 107 cm³/mol. The van der Waals surface area contributed by atoms with E-state index in [1.807, 2.05) is 0 Å². The van der Waals surface area contributed by atoms with Crippen molar-refractivity contribution in [1.82, 2.24) is 0 Å². The molecule has 0 unspecified atom stereocenters. The van der Waals surface area contributed by atoms with Crippen molar-refractivity contribution in [2.45, 2.75) is 110 Å². The van der Waals surface area contributed by atoms with Gasteiger partial charge >= 0.3 is 11.9 Å². The lowest BCUT2D eigenvalue weighted by Gasteiger charge is -2.06. The van der Waals surface area contributed by atoms with Crippen LogP contribution in [0.25, 0.3) is 0 Å². The minimum Gasteiger partial charge on any atom is -0.481 e. The lowest BCUT2D eigenvalue weighted by Crippen LogP contribution is -2.23. The first kappa shape index (κ1) is 24.7. The molecule has 0 saturated carbocycles. The van der Waals surface area contributed by atoms with Crippen LogP contribution < -0.4 is 0 Å². The summed E-state index contributed by atoms with van der Waals surface area (Å²) in [6.07, 6.45) is 23.0. The van der Waals surface area contributed by atoms with E-state index in [4.69, 9.17) is 10.2 Å². The maximum atomic E-state index is 10.8. The molecule has 26 heavy (non-hydrogen) atoms. The smallest absolute Gasteiger partial charge is 0.317 e. The Bertz CT molecular complexity index is 362. The van der Waals surface area contributed by atoms with E-state index in [1.54, 1.807) is 0 Å². The SMILES string of the molecule is CCCCCCCCC/C=C/CCCCCCCCC(C(=O)O)C(=O)O. The fraction of sp³-hybridized carbons (Fsp3) is 0.818.